The number of benzene rings is 2. The van der Waals surface area contributed by atoms with Crippen LogP contribution < -0.4 is 15.8 Å². The van der Waals surface area contributed by atoms with Crippen molar-refractivity contribution in [2.45, 2.75) is 6.92 Å². The van der Waals surface area contributed by atoms with Crippen molar-refractivity contribution in [1.29, 1.82) is 0 Å². The minimum absolute atomic E-state index is 0.160. The lowest BCUT2D eigenvalue weighted by atomic mass is 10.2. The zero-order valence-corrected chi connectivity index (χ0v) is 17.9. The van der Waals surface area contributed by atoms with E-state index in [9.17, 15) is 4.79 Å². The van der Waals surface area contributed by atoms with Gasteiger partial charge in [0.2, 0.25) is 0 Å². The van der Waals surface area contributed by atoms with Crippen LogP contribution in [0.2, 0.25) is 0 Å². The van der Waals surface area contributed by atoms with Gasteiger partial charge < -0.3 is 20.5 Å². The number of aromatic nitrogens is 3. The lowest BCUT2D eigenvalue weighted by Crippen LogP contribution is -2.27. The van der Waals surface area contributed by atoms with E-state index >= 15 is 0 Å². The maximum absolute atomic E-state index is 12.9. The van der Waals surface area contributed by atoms with Crippen molar-refractivity contribution in [3.05, 3.63) is 59.7 Å². The highest BCUT2D eigenvalue weighted by atomic mass is 16.5. The Morgan fingerprint density at radius 1 is 1.16 bits per heavy atom. The third-order valence-electron chi connectivity index (χ3n) is 4.81. The molecule has 0 saturated heterocycles. The second kappa shape index (κ2) is 9.44. The lowest BCUT2D eigenvalue weighted by molar-refractivity contribution is 0.0939. The Morgan fingerprint density at radius 3 is 2.56 bits per heavy atom. The SMILES string of the molecule is CCOc1ccc(/C=N\n2c(N)c(C(=O)NCCOC)c3nc4ccccc4nc32)cc1. The zero-order valence-electron chi connectivity index (χ0n) is 17.9. The van der Waals surface area contributed by atoms with Gasteiger partial charge in [0, 0.05) is 13.7 Å². The molecule has 0 aliphatic rings. The zero-order chi connectivity index (χ0) is 22.5. The molecule has 3 N–H and O–H groups in total. The van der Waals surface area contributed by atoms with Crippen molar-refractivity contribution in [3.63, 3.8) is 0 Å². The van der Waals surface area contributed by atoms with Gasteiger partial charge in [-0.3, -0.25) is 4.79 Å². The lowest BCUT2D eigenvalue weighted by Gasteiger charge is -2.04. The summed E-state index contributed by atoms with van der Waals surface area (Å²) in [6, 6.07) is 14.9. The fourth-order valence-corrected chi connectivity index (χ4v) is 3.28. The summed E-state index contributed by atoms with van der Waals surface area (Å²) in [5.74, 6) is 0.583. The molecule has 2 heterocycles. The predicted octanol–water partition coefficient (Wildman–Crippen LogP) is 2.82. The quantitative estimate of drug-likeness (QED) is 0.327. The molecule has 0 aliphatic carbocycles. The van der Waals surface area contributed by atoms with E-state index in [0.29, 0.717) is 42.0 Å². The molecule has 0 unspecified atom stereocenters. The summed E-state index contributed by atoms with van der Waals surface area (Å²) < 4.78 is 11.9. The maximum Gasteiger partial charge on any atom is 0.257 e. The van der Waals surface area contributed by atoms with Gasteiger partial charge in [0.15, 0.2) is 5.65 Å². The number of nitrogens with one attached hydrogen (secondary N) is 1. The standard InChI is InChI=1S/C23H24N6O3/c1-3-32-16-10-8-15(9-11-16)14-26-29-21(24)19(23(30)25-12-13-31-2)20-22(29)28-18-7-5-4-6-17(18)27-20/h4-11,14H,3,12-13,24H2,1-2H3,(H,25,30)/b26-14-. The largest absolute Gasteiger partial charge is 0.494 e. The molecular weight excluding hydrogens is 408 g/mol. The molecule has 164 valence electrons. The molecule has 0 saturated carbocycles. The molecule has 9 heteroatoms. The summed E-state index contributed by atoms with van der Waals surface area (Å²) in [6.45, 7) is 3.26. The van der Waals surface area contributed by atoms with Crippen LogP contribution in [0.3, 0.4) is 0 Å². The highest BCUT2D eigenvalue weighted by Gasteiger charge is 2.23. The highest BCUT2D eigenvalue weighted by molar-refractivity contribution is 6.10. The summed E-state index contributed by atoms with van der Waals surface area (Å²) in [4.78, 5) is 22.2. The average Bonchev–Trinajstić information content (AvgIpc) is 3.07. The Morgan fingerprint density at radius 2 is 1.88 bits per heavy atom. The second-order valence-electron chi connectivity index (χ2n) is 6.95. The number of fused-ring (bicyclic) bond motifs is 2. The topological polar surface area (TPSA) is 117 Å². The van der Waals surface area contributed by atoms with Crippen molar-refractivity contribution in [2.24, 2.45) is 5.10 Å². The number of nitrogens with zero attached hydrogens (tertiary/aromatic N) is 4. The van der Waals surface area contributed by atoms with Gasteiger partial charge in [-0.2, -0.15) is 9.78 Å². The molecule has 1 amide bonds. The molecule has 32 heavy (non-hydrogen) atoms. The van der Waals surface area contributed by atoms with E-state index in [2.05, 4.69) is 20.4 Å². The smallest absolute Gasteiger partial charge is 0.257 e. The first-order chi connectivity index (χ1) is 15.6. The van der Waals surface area contributed by atoms with Gasteiger partial charge in [-0.15, -0.1) is 0 Å². The number of hydrogen-bond acceptors (Lipinski definition) is 7. The van der Waals surface area contributed by atoms with E-state index in [-0.39, 0.29) is 17.3 Å². The molecule has 4 rings (SSSR count). The van der Waals surface area contributed by atoms with Crippen molar-refractivity contribution in [2.75, 3.05) is 32.6 Å². The minimum atomic E-state index is -0.357. The van der Waals surface area contributed by atoms with Gasteiger partial charge in [0.1, 0.15) is 22.6 Å². The van der Waals surface area contributed by atoms with Crippen molar-refractivity contribution >= 4 is 40.1 Å². The fourth-order valence-electron chi connectivity index (χ4n) is 3.28. The first-order valence-corrected chi connectivity index (χ1v) is 10.2. The summed E-state index contributed by atoms with van der Waals surface area (Å²) in [5, 5.41) is 7.30. The Labute approximate surface area is 184 Å². The number of nitrogen functional groups attached to an aromatic ring is 1. The number of anilines is 1. The van der Waals surface area contributed by atoms with Crippen LogP contribution >= 0.6 is 0 Å². The Bertz CT molecular complexity index is 1280. The minimum Gasteiger partial charge on any atom is -0.494 e. The molecule has 0 radical (unpaired) electrons. The molecule has 0 bridgehead atoms. The monoisotopic (exact) mass is 432 g/mol. The van der Waals surface area contributed by atoms with Crippen LogP contribution in [-0.2, 0) is 4.74 Å². The Balaban J connectivity index is 1.79. The van der Waals surface area contributed by atoms with E-state index in [1.54, 1.807) is 13.3 Å². The van der Waals surface area contributed by atoms with Crippen LogP contribution in [0.5, 0.6) is 5.75 Å². The van der Waals surface area contributed by atoms with E-state index in [1.807, 2.05) is 55.5 Å². The van der Waals surface area contributed by atoms with Gasteiger partial charge in [-0.1, -0.05) is 12.1 Å². The van der Waals surface area contributed by atoms with Crippen LogP contribution in [0.15, 0.2) is 53.6 Å². The van der Waals surface area contributed by atoms with Crippen molar-refractivity contribution in [3.8, 4) is 5.75 Å². The predicted molar refractivity (Wildman–Crippen MR) is 124 cm³/mol. The molecule has 0 spiro atoms. The number of amides is 1. The van der Waals surface area contributed by atoms with Crippen molar-refractivity contribution in [1.82, 2.24) is 20.0 Å². The summed E-state index contributed by atoms with van der Waals surface area (Å²) in [7, 11) is 1.57. The normalized spacial score (nSPS) is 11.4. The van der Waals surface area contributed by atoms with E-state index in [4.69, 9.17) is 15.2 Å². The number of para-hydroxylation sites is 2. The van der Waals surface area contributed by atoms with Crippen LogP contribution in [0.25, 0.3) is 22.2 Å². The maximum atomic E-state index is 12.9. The molecular formula is C23H24N6O3. The first-order valence-electron chi connectivity index (χ1n) is 10.2. The van der Waals surface area contributed by atoms with Crippen LogP contribution in [0, 0.1) is 0 Å². The third kappa shape index (κ3) is 4.23. The number of nitrogens with two attached hydrogens (primary N) is 1. The number of ether oxygens (including phenoxy) is 2. The first kappa shape index (κ1) is 21.3. The van der Waals surface area contributed by atoms with E-state index in [1.165, 1.54) is 4.68 Å². The molecule has 0 fully saturated rings. The van der Waals surface area contributed by atoms with Gasteiger partial charge in [0.25, 0.3) is 5.91 Å². The van der Waals surface area contributed by atoms with Crippen LogP contribution in [0.4, 0.5) is 5.82 Å². The Hall–Kier alpha value is -3.98. The summed E-state index contributed by atoms with van der Waals surface area (Å²) >= 11 is 0. The van der Waals surface area contributed by atoms with Gasteiger partial charge >= 0.3 is 0 Å². The second-order valence-corrected chi connectivity index (χ2v) is 6.95. The van der Waals surface area contributed by atoms with Crippen LogP contribution in [0.1, 0.15) is 22.8 Å². The average molecular weight is 432 g/mol. The molecule has 0 aliphatic heterocycles. The van der Waals surface area contributed by atoms with Gasteiger partial charge in [-0.25, -0.2) is 9.97 Å². The molecule has 2 aromatic carbocycles. The number of methoxy groups -OCH3 is 1. The summed E-state index contributed by atoms with van der Waals surface area (Å²) in [5.41, 5.74) is 9.58. The highest BCUT2D eigenvalue weighted by Crippen LogP contribution is 2.27. The van der Waals surface area contributed by atoms with E-state index in [0.717, 1.165) is 11.3 Å². The fraction of sp³-hybridized carbons (Fsp3) is 0.217. The molecule has 9 nitrogen and oxygen atoms in total. The van der Waals surface area contributed by atoms with Gasteiger partial charge in [0.05, 0.1) is 30.5 Å². The molecule has 0 atom stereocenters. The van der Waals surface area contributed by atoms with Gasteiger partial charge in [-0.05, 0) is 48.9 Å². The molecule has 2 aromatic heterocycles. The Kier molecular flexibility index (Phi) is 6.27. The third-order valence-corrected chi connectivity index (χ3v) is 4.81. The number of rotatable bonds is 8. The summed E-state index contributed by atoms with van der Waals surface area (Å²) in [6.07, 6.45) is 1.65. The van der Waals surface area contributed by atoms with Crippen molar-refractivity contribution < 1.29 is 14.3 Å². The number of hydrogen-bond donors (Lipinski definition) is 2. The number of carbonyl (C=O) groups is 1. The van der Waals surface area contributed by atoms with E-state index < -0.39 is 0 Å². The van der Waals surface area contributed by atoms with Crippen LogP contribution in [-0.4, -0.2) is 53.6 Å². The number of carbonyl (C=O) groups excluding carboxylic acids is 1. The molecule has 4 aromatic rings.